The van der Waals surface area contributed by atoms with E-state index in [0.717, 1.165) is 0 Å². The van der Waals surface area contributed by atoms with Crippen molar-refractivity contribution in [1.82, 2.24) is 19.7 Å². The molecular weight excluding hydrogens is 216 g/mol. The molecule has 2 heterocycles. The Labute approximate surface area is 87.2 Å². The number of aromatic carboxylic acids is 1. The van der Waals surface area contributed by atoms with Crippen LogP contribution in [-0.4, -0.2) is 30.8 Å². The van der Waals surface area contributed by atoms with Crippen molar-refractivity contribution in [1.29, 1.82) is 0 Å². The molecule has 8 heteroatoms. The summed E-state index contributed by atoms with van der Waals surface area (Å²) in [7, 11) is 0. The summed E-state index contributed by atoms with van der Waals surface area (Å²) in [6, 6.07) is 2.66. The van der Waals surface area contributed by atoms with Gasteiger partial charge in [-0.2, -0.15) is 4.57 Å². The number of H-pyrrole nitrogens is 2. The summed E-state index contributed by atoms with van der Waals surface area (Å²) >= 11 is 0. The van der Waals surface area contributed by atoms with Crippen LogP contribution in [0.5, 0.6) is 0 Å². The van der Waals surface area contributed by atoms with Gasteiger partial charge in [0.25, 0.3) is 0 Å². The number of carbonyl (C=O) groups is 1. The monoisotopic (exact) mass is 222 g/mol. The fraction of sp³-hybridized carbons (Fsp3) is 0. The average molecular weight is 222 g/mol. The van der Waals surface area contributed by atoms with Crippen molar-refractivity contribution in [3.8, 4) is 5.82 Å². The Balaban J connectivity index is 2.79. The van der Waals surface area contributed by atoms with Crippen LogP contribution >= 0.6 is 0 Å². The summed E-state index contributed by atoms with van der Waals surface area (Å²) in [5, 5.41) is 12.9. The van der Waals surface area contributed by atoms with Crippen LogP contribution in [-0.2, 0) is 0 Å². The topological polar surface area (TPSA) is 121 Å². The van der Waals surface area contributed by atoms with Gasteiger partial charge in [-0.05, 0) is 12.1 Å². The van der Waals surface area contributed by atoms with E-state index in [1.54, 1.807) is 0 Å². The molecule has 0 saturated carbocycles. The first kappa shape index (κ1) is 9.90. The number of hydrogen-bond donors (Lipinski definition) is 3. The Morgan fingerprint density at radius 3 is 2.50 bits per heavy atom. The van der Waals surface area contributed by atoms with Crippen LogP contribution in [0, 0.1) is 0 Å². The van der Waals surface area contributed by atoms with E-state index in [1.165, 1.54) is 18.3 Å². The van der Waals surface area contributed by atoms with Crippen LogP contribution < -0.4 is 11.4 Å². The Morgan fingerprint density at radius 1 is 1.31 bits per heavy atom. The molecule has 0 aliphatic heterocycles. The van der Waals surface area contributed by atoms with Gasteiger partial charge in [0.05, 0.1) is 0 Å². The summed E-state index contributed by atoms with van der Waals surface area (Å²) in [5.74, 6) is -1.49. The zero-order chi connectivity index (χ0) is 11.7. The summed E-state index contributed by atoms with van der Waals surface area (Å²) in [6.45, 7) is 0. The van der Waals surface area contributed by atoms with E-state index in [1.807, 2.05) is 10.2 Å². The van der Waals surface area contributed by atoms with Crippen LogP contribution in [0.25, 0.3) is 5.82 Å². The summed E-state index contributed by atoms with van der Waals surface area (Å²) in [4.78, 5) is 37.1. The molecule has 2 rings (SSSR count). The van der Waals surface area contributed by atoms with E-state index in [0.29, 0.717) is 4.57 Å². The molecule has 0 radical (unpaired) electrons. The van der Waals surface area contributed by atoms with Gasteiger partial charge in [-0.3, -0.25) is 0 Å². The Kier molecular flexibility index (Phi) is 2.16. The predicted molar refractivity (Wildman–Crippen MR) is 51.8 cm³/mol. The lowest BCUT2D eigenvalue weighted by atomic mass is 10.2. The highest BCUT2D eigenvalue weighted by molar-refractivity contribution is 5.90. The molecule has 3 N–H and O–H groups in total. The Morgan fingerprint density at radius 2 is 1.94 bits per heavy atom. The number of hydrogen-bond acceptors (Lipinski definition) is 4. The number of nitrogens with zero attached hydrogens (tertiary/aromatic N) is 2. The molecular formula is C8H6N4O4. The Bertz CT molecular complexity index is 623. The maximum Gasteiger partial charge on any atom is 0.350 e. The molecule has 16 heavy (non-hydrogen) atoms. The molecule has 2 aromatic rings. The lowest BCUT2D eigenvalue weighted by molar-refractivity contribution is 0.0696. The second-order valence-corrected chi connectivity index (χ2v) is 2.88. The fourth-order valence-corrected chi connectivity index (χ4v) is 1.25. The third-order valence-corrected chi connectivity index (χ3v) is 1.91. The minimum atomic E-state index is -1.27. The van der Waals surface area contributed by atoms with Gasteiger partial charge in [0.2, 0.25) is 0 Å². The van der Waals surface area contributed by atoms with Gasteiger partial charge in [-0.15, -0.1) is 0 Å². The number of aromatic amines is 2. The lowest BCUT2D eigenvalue weighted by Crippen LogP contribution is -2.27. The average Bonchev–Trinajstić information content (AvgIpc) is 2.58. The van der Waals surface area contributed by atoms with Crippen molar-refractivity contribution in [2.45, 2.75) is 0 Å². The highest BCUT2D eigenvalue weighted by Gasteiger charge is 2.16. The molecule has 0 fully saturated rings. The number of carboxylic acid groups (broad SMARTS) is 1. The molecule has 82 valence electrons. The zero-order valence-corrected chi connectivity index (χ0v) is 7.80. The van der Waals surface area contributed by atoms with Crippen LogP contribution in [0.15, 0.2) is 27.9 Å². The van der Waals surface area contributed by atoms with Gasteiger partial charge in [0.15, 0.2) is 5.82 Å². The minimum Gasteiger partial charge on any atom is -0.478 e. The molecule has 0 atom stereocenters. The van der Waals surface area contributed by atoms with Gasteiger partial charge < -0.3 is 5.11 Å². The number of nitrogens with one attached hydrogen (secondary N) is 2. The molecule has 8 nitrogen and oxygen atoms in total. The molecule has 0 saturated heterocycles. The van der Waals surface area contributed by atoms with Gasteiger partial charge >= 0.3 is 17.3 Å². The van der Waals surface area contributed by atoms with Gasteiger partial charge in [0.1, 0.15) is 5.56 Å². The van der Waals surface area contributed by atoms with E-state index in [-0.39, 0.29) is 11.4 Å². The fourth-order valence-electron chi connectivity index (χ4n) is 1.25. The molecule has 0 amide bonds. The largest absolute Gasteiger partial charge is 0.478 e. The molecule has 0 aliphatic carbocycles. The summed E-state index contributed by atoms with van der Waals surface area (Å²) in [5.41, 5.74) is -1.77. The van der Waals surface area contributed by atoms with Crippen molar-refractivity contribution in [3.05, 3.63) is 44.9 Å². The SMILES string of the molecule is O=C(O)c1cccnc1-n1c(=O)[nH][nH]c1=O. The second kappa shape index (κ2) is 3.50. The third kappa shape index (κ3) is 1.41. The van der Waals surface area contributed by atoms with Gasteiger partial charge in [-0.1, -0.05) is 0 Å². The van der Waals surface area contributed by atoms with Crippen molar-refractivity contribution in [3.63, 3.8) is 0 Å². The van der Waals surface area contributed by atoms with Crippen molar-refractivity contribution >= 4 is 5.97 Å². The van der Waals surface area contributed by atoms with Crippen LogP contribution in [0.3, 0.4) is 0 Å². The van der Waals surface area contributed by atoms with Crippen molar-refractivity contribution < 1.29 is 9.90 Å². The molecule has 0 bridgehead atoms. The van der Waals surface area contributed by atoms with Gasteiger partial charge in [0, 0.05) is 6.20 Å². The summed E-state index contributed by atoms with van der Waals surface area (Å²) in [6.07, 6.45) is 1.29. The number of rotatable bonds is 2. The first-order chi connectivity index (χ1) is 7.61. The normalized spacial score (nSPS) is 10.2. The molecule has 0 aromatic carbocycles. The van der Waals surface area contributed by atoms with E-state index >= 15 is 0 Å². The third-order valence-electron chi connectivity index (χ3n) is 1.91. The van der Waals surface area contributed by atoms with Crippen LogP contribution in [0.4, 0.5) is 0 Å². The van der Waals surface area contributed by atoms with E-state index in [2.05, 4.69) is 4.98 Å². The quantitative estimate of drug-likeness (QED) is 0.598. The van der Waals surface area contributed by atoms with Gasteiger partial charge in [-0.25, -0.2) is 29.6 Å². The predicted octanol–water partition coefficient (Wildman–Crippen LogP) is -1.05. The van der Waals surface area contributed by atoms with Crippen molar-refractivity contribution in [2.75, 3.05) is 0 Å². The highest BCUT2D eigenvalue weighted by atomic mass is 16.4. The first-order valence-electron chi connectivity index (χ1n) is 4.19. The maximum atomic E-state index is 11.3. The summed E-state index contributed by atoms with van der Waals surface area (Å²) < 4.78 is 0.615. The highest BCUT2D eigenvalue weighted by Crippen LogP contribution is 2.06. The molecule has 0 unspecified atom stereocenters. The van der Waals surface area contributed by atoms with Crippen molar-refractivity contribution in [2.24, 2.45) is 0 Å². The van der Waals surface area contributed by atoms with Crippen LogP contribution in [0.1, 0.15) is 10.4 Å². The standard InChI is InChI=1S/C8H6N4O4/c13-6(14)4-2-1-3-9-5(4)12-7(15)10-11-8(12)16/h1-3H,(H,10,15)(H,11,16)(H,13,14). The van der Waals surface area contributed by atoms with E-state index < -0.39 is 17.3 Å². The smallest absolute Gasteiger partial charge is 0.350 e. The zero-order valence-electron chi connectivity index (χ0n) is 7.80. The second-order valence-electron chi connectivity index (χ2n) is 2.88. The van der Waals surface area contributed by atoms with E-state index in [9.17, 15) is 14.4 Å². The number of pyridine rings is 1. The van der Waals surface area contributed by atoms with Crippen LogP contribution in [0.2, 0.25) is 0 Å². The Hall–Kier alpha value is -2.64. The molecule has 0 spiro atoms. The minimum absolute atomic E-state index is 0.220. The number of carboxylic acids is 1. The molecule has 2 aromatic heterocycles. The lowest BCUT2D eigenvalue weighted by Gasteiger charge is -2.01. The maximum absolute atomic E-state index is 11.3. The number of aromatic nitrogens is 4. The molecule has 0 aliphatic rings. The first-order valence-corrected chi connectivity index (χ1v) is 4.19. The van der Waals surface area contributed by atoms with E-state index in [4.69, 9.17) is 5.11 Å².